The van der Waals surface area contributed by atoms with Crippen LogP contribution in [0.15, 0.2) is 206 Å². The molecule has 0 aliphatic heterocycles. The van der Waals surface area contributed by atoms with Crippen molar-refractivity contribution in [3.8, 4) is 22.3 Å². The van der Waals surface area contributed by atoms with Crippen LogP contribution < -0.4 is 4.90 Å². The van der Waals surface area contributed by atoms with Gasteiger partial charge in [0, 0.05) is 17.1 Å². The van der Waals surface area contributed by atoms with Crippen LogP contribution in [0.4, 0.5) is 17.1 Å². The molecule has 0 atom stereocenters. The summed E-state index contributed by atoms with van der Waals surface area (Å²) in [6.45, 7) is 2.26. The molecule has 0 amide bonds. The minimum Gasteiger partial charge on any atom is -0.310 e. The molecule has 0 saturated carbocycles. The van der Waals surface area contributed by atoms with Crippen molar-refractivity contribution in [1.82, 2.24) is 0 Å². The SMILES string of the molecule is Cc1cc2c(c3ccccc13)-c1ccc(N(c3ccccc3)c3ccc(-c4cccc5ccccc45)cc3)cc1C2(c1ccccc1)c1ccccc1. The van der Waals surface area contributed by atoms with Crippen LogP contribution in [0.1, 0.15) is 27.8 Å². The number of fused-ring (bicyclic) bond motifs is 6. The van der Waals surface area contributed by atoms with E-state index in [2.05, 4.69) is 218 Å². The number of hydrogen-bond donors (Lipinski definition) is 0. The summed E-state index contributed by atoms with van der Waals surface area (Å²) in [5, 5.41) is 5.12. The standard InChI is InChI=1S/C52H37N/c1-36-34-50-51(47-26-14-13-24-44(36)47)48-33-32-43(35-49(48)52(50,39-18-5-2-6-19-39)40-20-7-3-8-21-40)53(41-22-9-4-10-23-41)42-30-28-38(29-31-42)46-27-15-17-37-16-11-12-25-45(37)46/h2-35H,1H3. The van der Waals surface area contributed by atoms with Gasteiger partial charge in [0.1, 0.15) is 0 Å². The normalized spacial score (nSPS) is 12.8. The van der Waals surface area contributed by atoms with Gasteiger partial charge < -0.3 is 4.90 Å². The van der Waals surface area contributed by atoms with Gasteiger partial charge in [0.05, 0.1) is 5.41 Å². The van der Waals surface area contributed by atoms with E-state index in [1.165, 1.54) is 71.6 Å². The maximum atomic E-state index is 2.46. The van der Waals surface area contributed by atoms with Crippen molar-refractivity contribution in [2.24, 2.45) is 0 Å². The van der Waals surface area contributed by atoms with Gasteiger partial charge in [-0.1, -0.05) is 170 Å². The Balaban J connectivity index is 1.22. The fourth-order valence-electron chi connectivity index (χ4n) is 8.94. The average Bonchev–Trinajstić information content (AvgIpc) is 3.52. The summed E-state index contributed by atoms with van der Waals surface area (Å²) in [5.41, 5.74) is 14.4. The summed E-state index contributed by atoms with van der Waals surface area (Å²) in [6.07, 6.45) is 0. The molecule has 0 saturated heterocycles. The molecule has 0 unspecified atom stereocenters. The number of nitrogens with zero attached hydrogens (tertiary/aromatic N) is 1. The molecule has 250 valence electrons. The molecule has 9 aromatic carbocycles. The van der Waals surface area contributed by atoms with Gasteiger partial charge in [-0.15, -0.1) is 0 Å². The molecule has 0 fully saturated rings. The van der Waals surface area contributed by atoms with Crippen molar-refractivity contribution >= 4 is 38.6 Å². The Labute approximate surface area is 311 Å². The van der Waals surface area contributed by atoms with Crippen LogP contribution in [0, 0.1) is 6.92 Å². The van der Waals surface area contributed by atoms with Gasteiger partial charge in [-0.25, -0.2) is 0 Å². The van der Waals surface area contributed by atoms with E-state index in [4.69, 9.17) is 0 Å². The van der Waals surface area contributed by atoms with E-state index in [1.54, 1.807) is 0 Å². The van der Waals surface area contributed by atoms with Crippen LogP contribution in [-0.4, -0.2) is 0 Å². The predicted octanol–water partition coefficient (Wildman–Crippen LogP) is 13.8. The second-order valence-electron chi connectivity index (χ2n) is 14.1. The Bertz CT molecular complexity index is 2720. The molecule has 1 nitrogen and oxygen atoms in total. The van der Waals surface area contributed by atoms with Crippen LogP contribution in [0.2, 0.25) is 0 Å². The van der Waals surface area contributed by atoms with Crippen molar-refractivity contribution in [2.45, 2.75) is 12.3 Å². The van der Waals surface area contributed by atoms with Crippen molar-refractivity contribution < 1.29 is 0 Å². The fourth-order valence-corrected chi connectivity index (χ4v) is 8.94. The summed E-state index contributed by atoms with van der Waals surface area (Å²) in [7, 11) is 0. The zero-order valence-corrected chi connectivity index (χ0v) is 29.6. The van der Waals surface area contributed by atoms with Crippen LogP contribution in [0.25, 0.3) is 43.8 Å². The highest BCUT2D eigenvalue weighted by molar-refractivity contribution is 6.06. The van der Waals surface area contributed by atoms with Crippen LogP contribution in [0.5, 0.6) is 0 Å². The minimum absolute atomic E-state index is 0.515. The molecule has 10 rings (SSSR count). The number of rotatable bonds is 6. The van der Waals surface area contributed by atoms with Crippen molar-refractivity contribution in [3.05, 3.63) is 234 Å². The molecule has 0 bridgehead atoms. The molecule has 0 N–H and O–H groups in total. The maximum Gasteiger partial charge on any atom is 0.0714 e. The maximum absolute atomic E-state index is 2.46. The summed E-state index contributed by atoms with van der Waals surface area (Å²) in [5.74, 6) is 0. The van der Waals surface area contributed by atoms with E-state index in [0.717, 1.165) is 17.1 Å². The summed E-state index contributed by atoms with van der Waals surface area (Å²) >= 11 is 0. The molecule has 0 heterocycles. The molecular formula is C52H37N. The molecule has 0 radical (unpaired) electrons. The molecule has 0 aromatic heterocycles. The Morgan fingerprint density at radius 3 is 1.62 bits per heavy atom. The van der Waals surface area contributed by atoms with Crippen LogP contribution in [-0.2, 0) is 5.41 Å². The topological polar surface area (TPSA) is 3.24 Å². The summed E-state index contributed by atoms with van der Waals surface area (Å²) in [6, 6.07) is 75.8. The lowest BCUT2D eigenvalue weighted by Gasteiger charge is -2.35. The fraction of sp³-hybridized carbons (Fsp3) is 0.0385. The van der Waals surface area contributed by atoms with Crippen LogP contribution >= 0.6 is 0 Å². The third kappa shape index (κ3) is 4.85. The van der Waals surface area contributed by atoms with Gasteiger partial charge >= 0.3 is 0 Å². The lowest BCUT2D eigenvalue weighted by molar-refractivity contribution is 0.768. The molecule has 1 aliphatic carbocycles. The van der Waals surface area contributed by atoms with Gasteiger partial charge in [0.25, 0.3) is 0 Å². The second kappa shape index (κ2) is 12.5. The molecule has 53 heavy (non-hydrogen) atoms. The number of aryl methyl sites for hydroxylation is 1. The van der Waals surface area contributed by atoms with E-state index in [0.29, 0.717) is 0 Å². The third-order valence-electron chi connectivity index (χ3n) is 11.2. The third-order valence-corrected chi connectivity index (χ3v) is 11.2. The van der Waals surface area contributed by atoms with Crippen molar-refractivity contribution in [1.29, 1.82) is 0 Å². The first-order chi connectivity index (χ1) is 26.2. The quantitative estimate of drug-likeness (QED) is 0.170. The first kappa shape index (κ1) is 31.1. The van der Waals surface area contributed by atoms with Gasteiger partial charge in [-0.3, -0.25) is 0 Å². The Kier molecular flexibility index (Phi) is 7.33. The summed E-state index contributed by atoms with van der Waals surface area (Å²) < 4.78 is 0. The van der Waals surface area contributed by atoms with Crippen LogP contribution in [0.3, 0.4) is 0 Å². The Morgan fingerprint density at radius 1 is 0.377 bits per heavy atom. The van der Waals surface area contributed by atoms with E-state index in [-0.39, 0.29) is 0 Å². The lowest BCUT2D eigenvalue weighted by atomic mass is 9.67. The van der Waals surface area contributed by atoms with E-state index >= 15 is 0 Å². The zero-order chi connectivity index (χ0) is 35.4. The smallest absolute Gasteiger partial charge is 0.0714 e. The van der Waals surface area contributed by atoms with Crippen molar-refractivity contribution in [3.63, 3.8) is 0 Å². The predicted molar refractivity (Wildman–Crippen MR) is 224 cm³/mol. The van der Waals surface area contributed by atoms with Gasteiger partial charge in [-0.2, -0.15) is 0 Å². The van der Waals surface area contributed by atoms with E-state index < -0.39 is 5.41 Å². The largest absolute Gasteiger partial charge is 0.310 e. The number of hydrogen-bond acceptors (Lipinski definition) is 1. The molecular weight excluding hydrogens is 639 g/mol. The number of anilines is 3. The molecule has 9 aromatic rings. The molecule has 1 heteroatoms. The Hall–Kier alpha value is -6.70. The highest BCUT2D eigenvalue weighted by Gasteiger charge is 2.47. The monoisotopic (exact) mass is 675 g/mol. The van der Waals surface area contributed by atoms with E-state index in [9.17, 15) is 0 Å². The zero-order valence-electron chi connectivity index (χ0n) is 29.6. The number of para-hydroxylation sites is 1. The number of benzene rings is 9. The highest BCUT2D eigenvalue weighted by atomic mass is 15.1. The second-order valence-corrected chi connectivity index (χ2v) is 14.1. The summed E-state index contributed by atoms with van der Waals surface area (Å²) in [4.78, 5) is 2.40. The first-order valence-corrected chi connectivity index (χ1v) is 18.4. The van der Waals surface area contributed by atoms with Gasteiger partial charge in [0.2, 0.25) is 0 Å². The first-order valence-electron chi connectivity index (χ1n) is 18.4. The lowest BCUT2D eigenvalue weighted by Crippen LogP contribution is -2.29. The van der Waals surface area contributed by atoms with Gasteiger partial charge in [0.15, 0.2) is 0 Å². The molecule has 1 aliphatic rings. The Morgan fingerprint density at radius 2 is 0.925 bits per heavy atom. The molecule has 0 spiro atoms. The average molecular weight is 676 g/mol. The van der Waals surface area contributed by atoms with Gasteiger partial charge in [-0.05, 0) is 115 Å². The minimum atomic E-state index is -0.515. The highest BCUT2D eigenvalue weighted by Crippen LogP contribution is 2.59. The van der Waals surface area contributed by atoms with Crippen molar-refractivity contribution in [2.75, 3.05) is 4.90 Å². The van der Waals surface area contributed by atoms with E-state index in [1.807, 2.05) is 0 Å².